The highest BCUT2D eigenvalue weighted by molar-refractivity contribution is 5.92. The first-order valence-electron chi connectivity index (χ1n) is 6.86. The number of hydrogen-bond acceptors (Lipinski definition) is 5. The molecule has 0 radical (unpaired) electrons. The number of nitrogens with one attached hydrogen (secondary N) is 1. The molecule has 0 spiro atoms. The molecule has 1 aliphatic heterocycles. The van der Waals surface area contributed by atoms with Crippen LogP contribution in [0.4, 0.5) is 4.79 Å². The summed E-state index contributed by atoms with van der Waals surface area (Å²) in [7, 11) is 0. The molecule has 1 heterocycles. The highest BCUT2D eigenvalue weighted by Crippen LogP contribution is 2.35. The van der Waals surface area contributed by atoms with Crippen LogP contribution in [-0.4, -0.2) is 54.2 Å². The van der Waals surface area contributed by atoms with Crippen molar-refractivity contribution in [3.05, 3.63) is 0 Å². The van der Waals surface area contributed by atoms with Crippen molar-refractivity contribution in [3.63, 3.8) is 0 Å². The molecule has 1 rings (SSSR count). The van der Waals surface area contributed by atoms with Crippen LogP contribution in [0.5, 0.6) is 0 Å². The molecular weight excluding hydrogens is 264 g/mol. The number of ether oxygens (including phenoxy) is 1. The molecule has 2 N–H and O–H groups in total. The van der Waals surface area contributed by atoms with E-state index in [9.17, 15) is 19.5 Å². The van der Waals surface area contributed by atoms with Crippen LogP contribution in [-0.2, 0) is 14.3 Å². The average Bonchev–Trinajstić information content (AvgIpc) is 2.74. The quantitative estimate of drug-likeness (QED) is 0.751. The van der Waals surface area contributed by atoms with Gasteiger partial charge in [-0.3, -0.25) is 19.8 Å². The van der Waals surface area contributed by atoms with Crippen molar-refractivity contribution in [2.75, 3.05) is 26.2 Å². The predicted molar refractivity (Wildman–Crippen MR) is 71.2 cm³/mol. The number of carboxylic acids is 1. The predicted octanol–water partition coefficient (Wildman–Crippen LogP) is 0.836. The van der Waals surface area contributed by atoms with Gasteiger partial charge in [-0.15, -0.1) is 0 Å². The van der Waals surface area contributed by atoms with Crippen molar-refractivity contribution in [1.82, 2.24) is 10.2 Å². The van der Waals surface area contributed by atoms with Gasteiger partial charge in [0, 0.05) is 6.54 Å². The molecule has 1 atom stereocenters. The summed E-state index contributed by atoms with van der Waals surface area (Å²) in [5.74, 6) is -1.28. The second-order valence-corrected chi connectivity index (χ2v) is 5.06. The maximum absolute atomic E-state index is 11.6. The minimum atomic E-state index is -0.812. The minimum Gasteiger partial charge on any atom is -0.481 e. The maximum Gasteiger partial charge on any atom is 0.413 e. The van der Waals surface area contributed by atoms with E-state index >= 15 is 0 Å². The Labute approximate surface area is 118 Å². The lowest BCUT2D eigenvalue weighted by molar-refractivity contribution is -0.148. The summed E-state index contributed by atoms with van der Waals surface area (Å²) in [6, 6.07) is 0. The Morgan fingerprint density at radius 1 is 1.35 bits per heavy atom. The van der Waals surface area contributed by atoms with Crippen LogP contribution in [0.25, 0.3) is 0 Å². The normalized spacial score (nSPS) is 22.5. The van der Waals surface area contributed by atoms with Gasteiger partial charge < -0.3 is 9.84 Å². The first-order chi connectivity index (χ1) is 9.43. The number of rotatable bonds is 6. The summed E-state index contributed by atoms with van der Waals surface area (Å²) >= 11 is 0. The monoisotopic (exact) mass is 286 g/mol. The second-order valence-electron chi connectivity index (χ2n) is 5.06. The van der Waals surface area contributed by atoms with Crippen molar-refractivity contribution in [1.29, 1.82) is 0 Å². The van der Waals surface area contributed by atoms with Crippen molar-refractivity contribution in [2.24, 2.45) is 5.41 Å². The van der Waals surface area contributed by atoms with Gasteiger partial charge in [0.1, 0.15) is 0 Å². The van der Waals surface area contributed by atoms with E-state index in [1.807, 2.05) is 6.92 Å². The van der Waals surface area contributed by atoms with E-state index in [1.165, 1.54) is 0 Å². The van der Waals surface area contributed by atoms with Gasteiger partial charge in [0.15, 0.2) is 0 Å². The van der Waals surface area contributed by atoms with E-state index in [-0.39, 0.29) is 13.2 Å². The Morgan fingerprint density at radius 3 is 2.60 bits per heavy atom. The molecule has 1 unspecified atom stereocenters. The number of hydrogen-bond donors (Lipinski definition) is 2. The minimum absolute atomic E-state index is 0.0115. The Balaban J connectivity index is 2.49. The fourth-order valence-corrected chi connectivity index (χ4v) is 2.58. The number of imide groups is 1. The zero-order chi connectivity index (χ0) is 15.2. The van der Waals surface area contributed by atoms with Crippen LogP contribution < -0.4 is 5.32 Å². The van der Waals surface area contributed by atoms with Crippen LogP contribution in [0.15, 0.2) is 0 Å². The molecule has 1 aliphatic rings. The van der Waals surface area contributed by atoms with Crippen molar-refractivity contribution in [3.8, 4) is 0 Å². The van der Waals surface area contributed by atoms with Crippen molar-refractivity contribution >= 4 is 18.0 Å². The Kier molecular flexibility index (Phi) is 5.94. The van der Waals surface area contributed by atoms with Gasteiger partial charge in [0.25, 0.3) is 0 Å². The number of carbonyl (C=O) groups is 3. The van der Waals surface area contributed by atoms with E-state index in [0.29, 0.717) is 25.9 Å². The first-order valence-corrected chi connectivity index (χ1v) is 6.86. The fraction of sp³-hybridized carbons (Fsp3) is 0.769. The zero-order valence-electron chi connectivity index (χ0n) is 12.0. The molecule has 0 saturated carbocycles. The van der Waals surface area contributed by atoms with Gasteiger partial charge in [-0.25, -0.2) is 4.79 Å². The molecule has 2 amide bonds. The summed E-state index contributed by atoms with van der Waals surface area (Å²) in [6.45, 7) is 4.69. The summed E-state index contributed by atoms with van der Waals surface area (Å²) in [6.07, 6.45) is 1.14. The standard InChI is InChI=1S/C13H22N2O5/c1-3-5-13(11(17)18)6-7-15(9-13)8-10(16)14-12(19)20-4-2/h3-9H2,1-2H3,(H,17,18)(H,14,16,19). The molecule has 0 bridgehead atoms. The Hall–Kier alpha value is -1.63. The topological polar surface area (TPSA) is 95.9 Å². The molecular formula is C13H22N2O5. The van der Waals surface area contributed by atoms with Crippen LogP contribution >= 0.6 is 0 Å². The van der Waals surface area contributed by atoms with Gasteiger partial charge in [-0.2, -0.15) is 0 Å². The van der Waals surface area contributed by atoms with E-state index in [0.717, 1.165) is 6.42 Å². The van der Waals surface area contributed by atoms with E-state index in [4.69, 9.17) is 0 Å². The van der Waals surface area contributed by atoms with E-state index < -0.39 is 23.4 Å². The van der Waals surface area contributed by atoms with Crippen LogP contribution in [0.2, 0.25) is 0 Å². The zero-order valence-corrected chi connectivity index (χ0v) is 12.0. The lowest BCUT2D eigenvalue weighted by atomic mass is 9.83. The van der Waals surface area contributed by atoms with Gasteiger partial charge >= 0.3 is 12.1 Å². The van der Waals surface area contributed by atoms with Gasteiger partial charge in [-0.1, -0.05) is 13.3 Å². The lowest BCUT2D eigenvalue weighted by Crippen LogP contribution is -2.41. The van der Waals surface area contributed by atoms with Crippen molar-refractivity contribution in [2.45, 2.75) is 33.1 Å². The summed E-state index contributed by atoms with van der Waals surface area (Å²) in [4.78, 5) is 35.9. The highest BCUT2D eigenvalue weighted by Gasteiger charge is 2.44. The van der Waals surface area contributed by atoms with E-state index in [1.54, 1.807) is 11.8 Å². The molecule has 1 saturated heterocycles. The number of nitrogens with zero attached hydrogens (tertiary/aromatic N) is 1. The molecule has 0 aliphatic carbocycles. The Morgan fingerprint density at radius 2 is 2.05 bits per heavy atom. The highest BCUT2D eigenvalue weighted by atomic mass is 16.5. The number of likely N-dealkylation sites (tertiary alicyclic amines) is 1. The molecule has 7 nitrogen and oxygen atoms in total. The third-order valence-electron chi connectivity index (χ3n) is 3.50. The smallest absolute Gasteiger partial charge is 0.413 e. The van der Waals surface area contributed by atoms with Crippen LogP contribution in [0, 0.1) is 5.41 Å². The maximum atomic E-state index is 11.6. The summed E-state index contributed by atoms with van der Waals surface area (Å²) in [5.41, 5.74) is -0.765. The van der Waals surface area contributed by atoms with Gasteiger partial charge in [-0.05, 0) is 26.3 Å². The number of carbonyl (C=O) groups excluding carboxylic acids is 2. The fourth-order valence-electron chi connectivity index (χ4n) is 2.58. The summed E-state index contributed by atoms with van der Waals surface area (Å²) in [5, 5.41) is 11.5. The molecule has 0 aromatic rings. The van der Waals surface area contributed by atoms with Gasteiger partial charge in [0.05, 0.1) is 18.6 Å². The largest absolute Gasteiger partial charge is 0.481 e. The summed E-state index contributed by atoms with van der Waals surface area (Å²) < 4.78 is 4.61. The number of carboxylic acid groups (broad SMARTS) is 1. The number of aliphatic carboxylic acids is 1. The molecule has 20 heavy (non-hydrogen) atoms. The lowest BCUT2D eigenvalue weighted by Gasteiger charge is -2.24. The van der Waals surface area contributed by atoms with E-state index in [2.05, 4.69) is 10.1 Å². The molecule has 1 fully saturated rings. The molecule has 114 valence electrons. The first kappa shape index (κ1) is 16.4. The average molecular weight is 286 g/mol. The number of alkyl carbamates (subject to hydrolysis) is 1. The molecule has 0 aromatic carbocycles. The SMILES string of the molecule is CCCC1(C(=O)O)CCN(CC(=O)NC(=O)OCC)C1. The van der Waals surface area contributed by atoms with Gasteiger partial charge in [0.2, 0.25) is 5.91 Å². The molecule has 0 aromatic heterocycles. The Bertz CT molecular complexity index is 385. The second kappa shape index (κ2) is 7.23. The third-order valence-corrected chi connectivity index (χ3v) is 3.50. The number of amides is 2. The van der Waals surface area contributed by atoms with Crippen LogP contribution in [0.3, 0.4) is 0 Å². The third kappa shape index (κ3) is 4.19. The molecule has 7 heteroatoms. The van der Waals surface area contributed by atoms with Crippen LogP contribution in [0.1, 0.15) is 33.1 Å². The van der Waals surface area contributed by atoms with Crippen molar-refractivity contribution < 1.29 is 24.2 Å².